The first-order valence-electron chi connectivity index (χ1n) is 7.01. The number of anilines is 1. The Kier molecular flexibility index (Phi) is 6.58. The van der Waals surface area contributed by atoms with Crippen LogP contribution in [-0.2, 0) is 0 Å². The predicted octanol–water partition coefficient (Wildman–Crippen LogP) is 5.60. The summed E-state index contributed by atoms with van der Waals surface area (Å²) in [6.07, 6.45) is 10.6. The third-order valence-corrected chi connectivity index (χ3v) is 3.37. The maximum absolute atomic E-state index is 3.13. The van der Waals surface area contributed by atoms with Crippen molar-refractivity contribution in [1.82, 2.24) is 0 Å². The van der Waals surface area contributed by atoms with Crippen LogP contribution in [0.2, 0.25) is 0 Å². The summed E-state index contributed by atoms with van der Waals surface area (Å²) in [5.74, 6) is 0. The summed E-state index contributed by atoms with van der Waals surface area (Å²) in [6, 6.07) is 8.48. The highest BCUT2D eigenvalue weighted by atomic mass is 14.8. The first-order valence-corrected chi connectivity index (χ1v) is 7.01. The molecule has 0 radical (unpaired) electrons. The highest BCUT2D eigenvalue weighted by Crippen LogP contribution is 2.18. The molecule has 0 bridgehead atoms. The van der Waals surface area contributed by atoms with Gasteiger partial charge in [-0.1, -0.05) is 42.5 Å². The van der Waals surface area contributed by atoms with E-state index in [1.165, 1.54) is 22.3 Å². The standard InChI is InChI=1S/C19H25N/c1-6-7-8-15(2)16(3)9-10-17(4)18-11-13-19(20-5)14-12-18/h6-14,20H,1-5H3/b7-6-,15-8+,16-9-,17-10+. The molecule has 0 amide bonds. The third kappa shape index (κ3) is 4.93. The van der Waals surface area contributed by atoms with Crippen LogP contribution in [0.1, 0.15) is 33.3 Å². The number of rotatable bonds is 5. The van der Waals surface area contributed by atoms with Gasteiger partial charge in [-0.15, -0.1) is 0 Å². The van der Waals surface area contributed by atoms with Gasteiger partial charge in [-0.25, -0.2) is 0 Å². The largest absolute Gasteiger partial charge is 0.388 e. The van der Waals surface area contributed by atoms with Crippen molar-refractivity contribution in [3.63, 3.8) is 0 Å². The normalized spacial score (nSPS) is 13.9. The van der Waals surface area contributed by atoms with E-state index in [9.17, 15) is 0 Å². The molecule has 0 unspecified atom stereocenters. The summed E-state index contributed by atoms with van der Waals surface area (Å²) in [4.78, 5) is 0. The van der Waals surface area contributed by atoms with Gasteiger partial charge >= 0.3 is 0 Å². The lowest BCUT2D eigenvalue weighted by Gasteiger charge is -2.04. The molecular formula is C19H25N. The maximum atomic E-state index is 3.13. The number of nitrogens with one attached hydrogen (secondary N) is 1. The van der Waals surface area contributed by atoms with E-state index in [2.05, 4.69) is 74.7 Å². The van der Waals surface area contributed by atoms with E-state index in [-0.39, 0.29) is 0 Å². The van der Waals surface area contributed by atoms with Crippen molar-refractivity contribution in [3.8, 4) is 0 Å². The zero-order valence-electron chi connectivity index (χ0n) is 13.2. The van der Waals surface area contributed by atoms with Crippen molar-refractivity contribution in [2.75, 3.05) is 12.4 Å². The van der Waals surface area contributed by atoms with Crippen LogP contribution < -0.4 is 5.32 Å². The van der Waals surface area contributed by atoms with Crippen LogP contribution in [0.4, 0.5) is 5.69 Å². The van der Waals surface area contributed by atoms with Gasteiger partial charge in [0.2, 0.25) is 0 Å². The molecule has 0 atom stereocenters. The fraction of sp³-hybridized carbons (Fsp3) is 0.263. The molecule has 0 spiro atoms. The van der Waals surface area contributed by atoms with Crippen LogP contribution in [0.15, 0.2) is 65.8 Å². The van der Waals surface area contributed by atoms with E-state index < -0.39 is 0 Å². The lowest BCUT2D eigenvalue weighted by atomic mass is 10.0. The van der Waals surface area contributed by atoms with E-state index in [1.54, 1.807) is 0 Å². The van der Waals surface area contributed by atoms with Gasteiger partial charge in [-0.05, 0) is 62.1 Å². The molecule has 1 rings (SSSR count). The minimum absolute atomic E-state index is 1.14. The average molecular weight is 267 g/mol. The molecule has 1 aromatic rings. The van der Waals surface area contributed by atoms with Crippen LogP contribution >= 0.6 is 0 Å². The number of benzene rings is 1. The van der Waals surface area contributed by atoms with E-state index in [0.29, 0.717) is 0 Å². The Labute approximate surface area is 123 Å². The second-order valence-electron chi connectivity index (χ2n) is 4.90. The number of hydrogen-bond donors (Lipinski definition) is 1. The Morgan fingerprint density at radius 3 is 2.05 bits per heavy atom. The summed E-state index contributed by atoms with van der Waals surface area (Å²) in [7, 11) is 1.93. The van der Waals surface area contributed by atoms with Gasteiger partial charge in [0.05, 0.1) is 0 Å². The second kappa shape index (κ2) is 8.21. The summed E-state index contributed by atoms with van der Waals surface area (Å²) >= 11 is 0. The second-order valence-corrected chi connectivity index (χ2v) is 4.90. The van der Waals surface area contributed by atoms with Crippen LogP contribution in [0.25, 0.3) is 5.57 Å². The van der Waals surface area contributed by atoms with E-state index in [0.717, 1.165) is 5.69 Å². The maximum Gasteiger partial charge on any atom is 0.0337 e. The first-order chi connectivity index (χ1) is 9.58. The lowest BCUT2D eigenvalue weighted by Crippen LogP contribution is -1.87. The van der Waals surface area contributed by atoms with Crippen LogP contribution in [0.3, 0.4) is 0 Å². The Morgan fingerprint density at radius 1 is 0.900 bits per heavy atom. The molecule has 0 heterocycles. The summed E-state index contributed by atoms with van der Waals surface area (Å²) in [6.45, 7) is 8.45. The van der Waals surface area contributed by atoms with Gasteiger partial charge < -0.3 is 5.32 Å². The van der Waals surface area contributed by atoms with Crippen LogP contribution in [0.5, 0.6) is 0 Å². The molecule has 0 aromatic heterocycles. The van der Waals surface area contributed by atoms with E-state index in [1.807, 2.05) is 20.0 Å². The van der Waals surface area contributed by atoms with Gasteiger partial charge in [-0.2, -0.15) is 0 Å². The Morgan fingerprint density at radius 2 is 1.50 bits per heavy atom. The molecule has 1 N–H and O–H groups in total. The SMILES string of the molecule is C\C=C/C=C(C)/C(C)=C\C=C(/C)c1ccc(NC)cc1. The molecule has 0 aliphatic heterocycles. The lowest BCUT2D eigenvalue weighted by molar-refractivity contribution is 1.34. The smallest absolute Gasteiger partial charge is 0.0337 e. The molecule has 1 heteroatoms. The monoisotopic (exact) mass is 267 g/mol. The van der Waals surface area contributed by atoms with Crippen LogP contribution in [0, 0.1) is 0 Å². The topological polar surface area (TPSA) is 12.0 Å². The molecule has 0 aliphatic rings. The summed E-state index contributed by atoms with van der Waals surface area (Å²) < 4.78 is 0. The van der Waals surface area contributed by atoms with Crippen molar-refractivity contribution < 1.29 is 0 Å². The zero-order chi connectivity index (χ0) is 15.0. The fourth-order valence-corrected chi connectivity index (χ4v) is 1.75. The fourth-order valence-electron chi connectivity index (χ4n) is 1.75. The molecule has 1 nitrogen and oxygen atoms in total. The molecule has 0 aliphatic carbocycles. The molecule has 1 aromatic carbocycles. The molecular weight excluding hydrogens is 242 g/mol. The quantitative estimate of drug-likeness (QED) is 0.685. The van der Waals surface area contributed by atoms with Gasteiger partial charge in [0, 0.05) is 12.7 Å². The van der Waals surface area contributed by atoms with Crippen molar-refractivity contribution in [3.05, 3.63) is 71.4 Å². The number of hydrogen-bond acceptors (Lipinski definition) is 1. The number of allylic oxidation sites excluding steroid dienone is 8. The third-order valence-electron chi connectivity index (χ3n) is 3.37. The average Bonchev–Trinajstić information content (AvgIpc) is 2.49. The molecule has 106 valence electrons. The van der Waals surface area contributed by atoms with Crippen LogP contribution in [-0.4, -0.2) is 7.05 Å². The van der Waals surface area contributed by atoms with Gasteiger partial charge in [0.15, 0.2) is 0 Å². The molecule has 0 saturated heterocycles. The predicted molar refractivity (Wildman–Crippen MR) is 92.0 cm³/mol. The molecule has 20 heavy (non-hydrogen) atoms. The molecule has 0 fully saturated rings. The van der Waals surface area contributed by atoms with Crippen molar-refractivity contribution in [2.24, 2.45) is 0 Å². The summed E-state index contributed by atoms with van der Waals surface area (Å²) in [5.41, 5.74) is 6.24. The highest BCUT2D eigenvalue weighted by Gasteiger charge is 1.95. The minimum atomic E-state index is 1.14. The van der Waals surface area contributed by atoms with Gasteiger partial charge in [-0.3, -0.25) is 0 Å². The Bertz CT molecular complexity index is 540. The van der Waals surface area contributed by atoms with E-state index in [4.69, 9.17) is 0 Å². The minimum Gasteiger partial charge on any atom is -0.388 e. The van der Waals surface area contributed by atoms with Crippen molar-refractivity contribution in [1.29, 1.82) is 0 Å². The molecule has 0 saturated carbocycles. The Hall–Kier alpha value is -2.02. The van der Waals surface area contributed by atoms with Gasteiger partial charge in [0.1, 0.15) is 0 Å². The highest BCUT2D eigenvalue weighted by molar-refractivity contribution is 5.67. The zero-order valence-corrected chi connectivity index (χ0v) is 13.2. The Balaban J connectivity index is 2.87. The van der Waals surface area contributed by atoms with Crippen molar-refractivity contribution >= 4 is 11.3 Å². The first kappa shape index (κ1) is 16.0. The van der Waals surface area contributed by atoms with Crippen molar-refractivity contribution in [2.45, 2.75) is 27.7 Å². The van der Waals surface area contributed by atoms with Gasteiger partial charge in [0.25, 0.3) is 0 Å². The summed E-state index contributed by atoms with van der Waals surface area (Å²) in [5, 5.41) is 3.13. The van der Waals surface area contributed by atoms with E-state index >= 15 is 0 Å².